The molecule has 1 aliphatic rings. The summed E-state index contributed by atoms with van der Waals surface area (Å²) < 4.78 is 5.96. The minimum absolute atomic E-state index is 0.533. The first-order chi connectivity index (χ1) is 8.61. The fourth-order valence-electron chi connectivity index (χ4n) is 2.61. The van der Waals surface area contributed by atoms with Crippen molar-refractivity contribution >= 4 is 5.57 Å². The van der Waals surface area contributed by atoms with Gasteiger partial charge >= 0.3 is 0 Å². The Balaban J connectivity index is 2.60. The van der Waals surface area contributed by atoms with Crippen LogP contribution in [0.1, 0.15) is 57.6 Å². The highest BCUT2D eigenvalue weighted by Gasteiger charge is 2.19. The van der Waals surface area contributed by atoms with Crippen LogP contribution >= 0.6 is 0 Å². The summed E-state index contributed by atoms with van der Waals surface area (Å²) in [5.41, 5.74) is 4.21. The summed E-state index contributed by atoms with van der Waals surface area (Å²) in [7, 11) is 0. The van der Waals surface area contributed by atoms with E-state index in [1.54, 1.807) is 0 Å². The number of hydrogen-bond donors (Lipinski definition) is 0. The Labute approximate surface area is 111 Å². The van der Waals surface area contributed by atoms with Crippen LogP contribution in [0.5, 0.6) is 5.75 Å². The van der Waals surface area contributed by atoms with Crippen LogP contribution in [0.15, 0.2) is 24.3 Å². The van der Waals surface area contributed by atoms with E-state index < -0.39 is 0 Å². The molecule has 1 aliphatic heterocycles. The molecule has 0 aromatic heterocycles. The summed E-state index contributed by atoms with van der Waals surface area (Å²) >= 11 is 0. The van der Waals surface area contributed by atoms with Crippen LogP contribution < -0.4 is 4.74 Å². The zero-order chi connectivity index (χ0) is 13.1. The van der Waals surface area contributed by atoms with Gasteiger partial charge in [0.15, 0.2) is 0 Å². The topological polar surface area (TPSA) is 9.23 Å². The largest absolute Gasteiger partial charge is 0.493 e. The molecule has 0 fully saturated rings. The lowest BCUT2D eigenvalue weighted by atomic mass is 9.85. The van der Waals surface area contributed by atoms with E-state index in [0.29, 0.717) is 11.8 Å². The standard InChI is InChI=1S/C17H24O/c1-12(2)14-8-5-6-11-18-16-10-7-9-15(13(3)4)17(14)16/h7-10,12-13H,5-6,11H2,1-4H3/b14-8-. The molecule has 2 rings (SSSR count). The van der Waals surface area contributed by atoms with Gasteiger partial charge in [-0.2, -0.15) is 0 Å². The molecule has 0 radical (unpaired) electrons. The molecule has 1 aromatic rings. The van der Waals surface area contributed by atoms with Gasteiger partial charge in [-0.25, -0.2) is 0 Å². The van der Waals surface area contributed by atoms with E-state index in [2.05, 4.69) is 52.0 Å². The zero-order valence-corrected chi connectivity index (χ0v) is 12.0. The molecule has 0 bridgehead atoms. The maximum Gasteiger partial charge on any atom is 0.127 e. The molecule has 1 heteroatoms. The van der Waals surface area contributed by atoms with Crippen LogP contribution in [-0.2, 0) is 0 Å². The van der Waals surface area contributed by atoms with Crippen LogP contribution in [0.3, 0.4) is 0 Å². The first-order valence-corrected chi connectivity index (χ1v) is 7.07. The van der Waals surface area contributed by atoms with Crippen molar-refractivity contribution < 1.29 is 4.74 Å². The summed E-state index contributed by atoms with van der Waals surface area (Å²) in [5.74, 6) is 2.15. The minimum Gasteiger partial charge on any atom is -0.493 e. The summed E-state index contributed by atoms with van der Waals surface area (Å²) in [6.07, 6.45) is 4.65. The molecule has 98 valence electrons. The first-order valence-electron chi connectivity index (χ1n) is 7.07. The molecule has 0 saturated carbocycles. The van der Waals surface area contributed by atoms with E-state index in [9.17, 15) is 0 Å². The Morgan fingerprint density at radius 2 is 1.83 bits per heavy atom. The second-order valence-corrected chi connectivity index (χ2v) is 5.68. The molecule has 0 amide bonds. The highest BCUT2D eigenvalue weighted by molar-refractivity contribution is 5.75. The van der Waals surface area contributed by atoms with Gasteiger partial charge in [-0.05, 0) is 41.9 Å². The Kier molecular flexibility index (Phi) is 4.11. The number of fused-ring (bicyclic) bond motifs is 1. The van der Waals surface area contributed by atoms with Gasteiger partial charge in [-0.1, -0.05) is 45.9 Å². The van der Waals surface area contributed by atoms with Gasteiger partial charge in [0.25, 0.3) is 0 Å². The molecular weight excluding hydrogens is 220 g/mol. The summed E-state index contributed by atoms with van der Waals surface area (Å²) in [6, 6.07) is 6.47. The highest BCUT2D eigenvalue weighted by atomic mass is 16.5. The molecule has 18 heavy (non-hydrogen) atoms. The maximum absolute atomic E-state index is 5.96. The van der Waals surface area contributed by atoms with Gasteiger partial charge in [0, 0.05) is 5.56 Å². The van der Waals surface area contributed by atoms with Crippen molar-refractivity contribution in [2.45, 2.75) is 46.5 Å². The molecule has 1 nitrogen and oxygen atoms in total. The average molecular weight is 244 g/mol. The van der Waals surface area contributed by atoms with E-state index in [-0.39, 0.29) is 0 Å². The molecule has 0 unspecified atom stereocenters. The van der Waals surface area contributed by atoms with Crippen molar-refractivity contribution in [2.75, 3.05) is 6.61 Å². The predicted molar refractivity (Wildman–Crippen MR) is 78.1 cm³/mol. The van der Waals surface area contributed by atoms with Gasteiger partial charge in [0.2, 0.25) is 0 Å². The summed E-state index contributed by atoms with van der Waals surface area (Å²) in [4.78, 5) is 0. The molecule has 1 heterocycles. The van der Waals surface area contributed by atoms with Gasteiger partial charge < -0.3 is 4.74 Å². The monoisotopic (exact) mass is 244 g/mol. The smallest absolute Gasteiger partial charge is 0.127 e. The fraction of sp³-hybridized carbons (Fsp3) is 0.529. The maximum atomic E-state index is 5.96. The van der Waals surface area contributed by atoms with Crippen LogP contribution in [0.2, 0.25) is 0 Å². The van der Waals surface area contributed by atoms with E-state index in [1.807, 2.05) is 0 Å². The third-order valence-corrected chi connectivity index (χ3v) is 3.56. The van der Waals surface area contributed by atoms with Crippen LogP contribution in [0.4, 0.5) is 0 Å². The lowest BCUT2D eigenvalue weighted by molar-refractivity contribution is 0.309. The number of ether oxygens (including phenoxy) is 1. The molecule has 0 saturated heterocycles. The average Bonchev–Trinajstić information content (AvgIpc) is 2.28. The van der Waals surface area contributed by atoms with E-state index >= 15 is 0 Å². The molecule has 0 N–H and O–H groups in total. The molecular formula is C17H24O. The predicted octanol–water partition coefficient (Wildman–Crippen LogP) is 5.02. The highest BCUT2D eigenvalue weighted by Crippen LogP contribution is 2.38. The Morgan fingerprint density at radius 3 is 2.50 bits per heavy atom. The third kappa shape index (κ3) is 2.60. The Bertz CT molecular complexity index is 441. The van der Waals surface area contributed by atoms with Crippen LogP contribution in [-0.4, -0.2) is 6.61 Å². The first kappa shape index (κ1) is 13.2. The van der Waals surface area contributed by atoms with E-state index in [1.165, 1.54) is 16.7 Å². The van der Waals surface area contributed by atoms with Crippen LogP contribution in [0.25, 0.3) is 5.57 Å². The summed E-state index contributed by atoms with van der Waals surface area (Å²) in [6.45, 7) is 9.89. The lowest BCUT2D eigenvalue weighted by Gasteiger charge is -2.24. The normalized spacial score (nSPS) is 18.7. The van der Waals surface area contributed by atoms with Crippen molar-refractivity contribution in [2.24, 2.45) is 5.92 Å². The van der Waals surface area contributed by atoms with Gasteiger partial charge in [-0.15, -0.1) is 0 Å². The van der Waals surface area contributed by atoms with Crippen molar-refractivity contribution in [1.29, 1.82) is 0 Å². The van der Waals surface area contributed by atoms with Crippen LogP contribution in [0, 0.1) is 5.92 Å². The van der Waals surface area contributed by atoms with Gasteiger partial charge in [0.05, 0.1) is 6.61 Å². The number of rotatable bonds is 2. The number of allylic oxidation sites excluding steroid dienone is 2. The number of benzene rings is 1. The van der Waals surface area contributed by atoms with E-state index in [4.69, 9.17) is 4.74 Å². The molecule has 1 aromatic carbocycles. The quantitative estimate of drug-likeness (QED) is 0.709. The second-order valence-electron chi connectivity index (χ2n) is 5.68. The van der Waals surface area contributed by atoms with Gasteiger partial charge in [0.1, 0.15) is 5.75 Å². The fourth-order valence-corrected chi connectivity index (χ4v) is 2.61. The molecule has 0 atom stereocenters. The third-order valence-electron chi connectivity index (χ3n) is 3.56. The van der Waals surface area contributed by atoms with Crippen molar-refractivity contribution in [3.05, 3.63) is 35.4 Å². The Hall–Kier alpha value is -1.24. The van der Waals surface area contributed by atoms with Crippen molar-refractivity contribution in [3.8, 4) is 5.75 Å². The summed E-state index contributed by atoms with van der Waals surface area (Å²) in [5, 5.41) is 0. The SMILES string of the molecule is CC(C)/C1=C/CCCOc2cccc(C(C)C)c21. The minimum atomic E-state index is 0.533. The molecule has 0 spiro atoms. The van der Waals surface area contributed by atoms with Crippen molar-refractivity contribution in [3.63, 3.8) is 0 Å². The molecule has 0 aliphatic carbocycles. The lowest BCUT2D eigenvalue weighted by Crippen LogP contribution is -2.08. The second kappa shape index (κ2) is 5.60. The Morgan fingerprint density at radius 1 is 1.06 bits per heavy atom. The van der Waals surface area contributed by atoms with Gasteiger partial charge in [-0.3, -0.25) is 0 Å². The number of hydrogen-bond acceptors (Lipinski definition) is 1. The van der Waals surface area contributed by atoms with E-state index in [0.717, 1.165) is 25.2 Å². The van der Waals surface area contributed by atoms with Crippen molar-refractivity contribution in [1.82, 2.24) is 0 Å². The zero-order valence-electron chi connectivity index (χ0n) is 12.0.